The van der Waals surface area contributed by atoms with Crippen LogP contribution in [-0.4, -0.2) is 76.1 Å². The Labute approximate surface area is 229 Å². The Bertz CT molecular complexity index is 1410. The second-order valence-electron chi connectivity index (χ2n) is 10.3. The van der Waals surface area contributed by atoms with E-state index in [9.17, 15) is 14.0 Å². The topological polar surface area (TPSA) is 94.6 Å². The average molecular weight is 548 g/mol. The standard InChI is InChI=1S/C28H31FN7O2P/c1-4-23(37)34(3)19-15-36(16-19)27-31-13-18(14-32-27)26(38)33-24-21(20-7-5-6-8-22(20)29)9-11-30-25(24)35-12-10-28(2,39)17-35/h4-9,11,13-14,19H,1,10,12,15-17,39H2,2-3H3,(H,33,38). The Morgan fingerprint density at radius 3 is 2.51 bits per heavy atom. The van der Waals surface area contributed by atoms with Gasteiger partial charge in [-0.2, -0.15) is 0 Å². The van der Waals surface area contributed by atoms with Crippen LogP contribution in [-0.2, 0) is 4.79 Å². The first kappa shape index (κ1) is 26.7. The Kier molecular flexibility index (Phi) is 7.32. The molecule has 2 unspecified atom stereocenters. The molecule has 2 aromatic heterocycles. The molecule has 4 heterocycles. The van der Waals surface area contributed by atoms with E-state index >= 15 is 0 Å². The lowest BCUT2D eigenvalue weighted by Crippen LogP contribution is -2.60. The predicted octanol–water partition coefficient (Wildman–Crippen LogP) is 3.61. The van der Waals surface area contributed by atoms with Gasteiger partial charge in [-0.1, -0.05) is 31.7 Å². The zero-order chi connectivity index (χ0) is 27.7. The van der Waals surface area contributed by atoms with Crippen LogP contribution in [0.4, 0.5) is 21.8 Å². The molecule has 0 radical (unpaired) electrons. The highest BCUT2D eigenvalue weighted by molar-refractivity contribution is 7.19. The highest BCUT2D eigenvalue weighted by atomic mass is 31.0. The van der Waals surface area contributed by atoms with Gasteiger partial charge in [0.05, 0.1) is 17.3 Å². The first-order chi connectivity index (χ1) is 18.7. The van der Waals surface area contributed by atoms with Gasteiger partial charge in [0, 0.05) is 68.1 Å². The van der Waals surface area contributed by atoms with E-state index in [0.717, 1.165) is 19.5 Å². The van der Waals surface area contributed by atoms with Crippen LogP contribution in [0.25, 0.3) is 11.1 Å². The lowest BCUT2D eigenvalue weighted by Gasteiger charge is -2.43. The number of aromatic nitrogens is 3. The second-order valence-corrected chi connectivity index (χ2v) is 11.7. The Balaban J connectivity index is 1.38. The molecule has 2 aliphatic rings. The molecule has 0 aliphatic carbocycles. The number of halogens is 1. The Hall–Kier alpha value is -3.91. The average Bonchev–Trinajstić information content (AvgIpc) is 3.27. The van der Waals surface area contributed by atoms with Crippen molar-refractivity contribution in [2.45, 2.75) is 24.5 Å². The fraction of sp³-hybridized carbons (Fsp3) is 0.321. The number of pyridine rings is 1. The summed E-state index contributed by atoms with van der Waals surface area (Å²) in [6.45, 7) is 8.37. The molecule has 5 rings (SSSR count). The molecule has 39 heavy (non-hydrogen) atoms. The van der Waals surface area contributed by atoms with E-state index in [1.165, 1.54) is 24.5 Å². The lowest BCUT2D eigenvalue weighted by atomic mass is 10.0. The minimum absolute atomic E-state index is 0.0181. The zero-order valence-corrected chi connectivity index (χ0v) is 23.1. The maximum absolute atomic E-state index is 14.8. The fourth-order valence-electron chi connectivity index (χ4n) is 4.86. The monoisotopic (exact) mass is 547 g/mol. The summed E-state index contributed by atoms with van der Waals surface area (Å²) in [6.07, 6.45) is 6.82. The van der Waals surface area contributed by atoms with Gasteiger partial charge in [-0.25, -0.2) is 19.3 Å². The van der Waals surface area contributed by atoms with Crippen molar-refractivity contribution >= 4 is 38.5 Å². The van der Waals surface area contributed by atoms with Gasteiger partial charge >= 0.3 is 0 Å². The van der Waals surface area contributed by atoms with Crippen molar-refractivity contribution in [2.75, 3.05) is 48.3 Å². The highest BCUT2D eigenvalue weighted by Crippen LogP contribution is 2.40. The van der Waals surface area contributed by atoms with Gasteiger partial charge in [0.25, 0.3) is 5.91 Å². The normalized spacial score (nSPS) is 19.0. The first-order valence-corrected chi connectivity index (χ1v) is 13.3. The first-order valence-electron chi connectivity index (χ1n) is 12.7. The number of carbonyl (C=O) groups is 2. The highest BCUT2D eigenvalue weighted by Gasteiger charge is 2.34. The van der Waals surface area contributed by atoms with Gasteiger partial charge in [0.2, 0.25) is 11.9 Å². The summed E-state index contributed by atoms with van der Waals surface area (Å²) in [4.78, 5) is 44.2. The minimum atomic E-state index is -0.418. The van der Waals surface area contributed by atoms with E-state index in [-0.39, 0.29) is 28.5 Å². The van der Waals surface area contributed by atoms with Gasteiger partial charge in [-0.3, -0.25) is 9.59 Å². The number of rotatable bonds is 7. The van der Waals surface area contributed by atoms with Crippen LogP contribution in [0, 0.1) is 5.82 Å². The van der Waals surface area contributed by atoms with Gasteiger partial charge in [0.1, 0.15) is 5.82 Å². The summed E-state index contributed by atoms with van der Waals surface area (Å²) in [5, 5.41) is 3.00. The van der Waals surface area contributed by atoms with Crippen LogP contribution in [0.1, 0.15) is 23.7 Å². The number of nitrogens with one attached hydrogen (secondary N) is 1. The maximum atomic E-state index is 14.8. The molecule has 2 atom stereocenters. The molecule has 11 heteroatoms. The van der Waals surface area contributed by atoms with E-state index in [1.54, 1.807) is 42.4 Å². The van der Waals surface area contributed by atoms with Gasteiger partial charge in [-0.15, -0.1) is 9.24 Å². The predicted molar refractivity (Wildman–Crippen MR) is 154 cm³/mol. The summed E-state index contributed by atoms with van der Waals surface area (Å²) in [5.41, 5.74) is 1.63. The lowest BCUT2D eigenvalue weighted by molar-refractivity contribution is -0.127. The van der Waals surface area contributed by atoms with Crippen LogP contribution in [0.15, 0.2) is 61.6 Å². The van der Waals surface area contributed by atoms with Gasteiger partial charge < -0.3 is 20.0 Å². The van der Waals surface area contributed by atoms with E-state index in [1.807, 2.05) is 4.90 Å². The van der Waals surface area contributed by atoms with Crippen molar-refractivity contribution in [3.8, 4) is 11.1 Å². The molecule has 2 saturated heterocycles. The number of hydrogen-bond acceptors (Lipinski definition) is 7. The number of carbonyl (C=O) groups excluding carboxylic acids is 2. The molecular formula is C28H31FN7O2P. The number of benzene rings is 1. The van der Waals surface area contributed by atoms with Crippen LogP contribution in [0.2, 0.25) is 0 Å². The zero-order valence-electron chi connectivity index (χ0n) is 22.0. The van der Waals surface area contributed by atoms with E-state index in [2.05, 4.69) is 47.9 Å². The maximum Gasteiger partial charge on any atom is 0.258 e. The summed E-state index contributed by atoms with van der Waals surface area (Å²) in [5.74, 6) is 0.140. The number of hydrogen-bond donors (Lipinski definition) is 1. The molecule has 0 bridgehead atoms. The number of anilines is 3. The van der Waals surface area contributed by atoms with E-state index in [0.29, 0.717) is 41.7 Å². The van der Waals surface area contributed by atoms with Crippen LogP contribution in [0.3, 0.4) is 0 Å². The molecule has 1 aromatic carbocycles. The smallest absolute Gasteiger partial charge is 0.258 e. The molecule has 1 N–H and O–H groups in total. The van der Waals surface area contributed by atoms with Crippen LogP contribution >= 0.6 is 9.24 Å². The third-order valence-electron chi connectivity index (χ3n) is 7.25. The molecule has 3 aromatic rings. The summed E-state index contributed by atoms with van der Waals surface area (Å²) < 4.78 is 14.8. The molecule has 2 amide bonds. The molecular weight excluding hydrogens is 516 g/mol. The molecule has 202 valence electrons. The SMILES string of the molecule is C=CC(=O)N(C)C1CN(c2ncc(C(=O)Nc3c(-c4ccccc4F)ccnc3N3CCC(C)(P)C3)cn2)C1. The molecule has 0 saturated carbocycles. The third-order valence-corrected chi connectivity index (χ3v) is 7.72. The van der Waals surface area contributed by atoms with E-state index < -0.39 is 5.91 Å². The largest absolute Gasteiger partial charge is 0.354 e. The Morgan fingerprint density at radius 2 is 1.87 bits per heavy atom. The second kappa shape index (κ2) is 10.7. The van der Waals surface area contributed by atoms with Crippen molar-refractivity contribution < 1.29 is 14.0 Å². The fourth-order valence-corrected chi connectivity index (χ4v) is 5.21. The molecule has 0 spiro atoms. The van der Waals surface area contributed by atoms with Crippen LogP contribution in [0.5, 0.6) is 0 Å². The summed E-state index contributed by atoms with van der Waals surface area (Å²) in [6, 6.07) is 8.24. The third kappa shape index (κ3) is 5.47. The minimum Gasteiger partial charge on any atom is -0.354 e. The van der Waals surface area contributed by atoms with Crippen molar-refractivity contribution in [2.24, 2.45) is 0 Å². The van der Waals surface area contributed by atoms with Gasteiger partial charge in [-0.05, 0) is 24.6 Å². The number of nitrogens with zero attached hydrogens (tertiary/aromatic N) is 6. The van der Waals surface area contributed by atoms with E-state index in [4.69, 9.17) is 0 Å². The van der Waals surface area contributed by atoms with Crippen molar-refractivity contribution in [1.82, 2.24) is 19.9 Å². The Morgan fingerprint density at radius 1 is 1.15 bits per heavy atom. The summed E-state index contributed by atoms with van der Waals surface area (Å²) in [7, 11) is 4.63. The van der Waals surface area contributed by atoms with Crippen molar-refractivity contribution in [3.05, 3.63) is 73.0 Å². The van der Waals surface area contributed by atoms with Crippen molar-refractivity contribution in [3.63, 3.8) is 0 Å². The number of likely N-dealkylation sites (N-methyl/N-ethyl adjacent to an activating group) is 1. The summed E-state index contributed by atoms with van der Waals surface area (Å²) >= 11 is 0. The van der Waals surface area contributed by atoms with Gasteiger partial charge in [0.15, 0.2) is 5.82 Å². The molecule has 2 aliphatic heterocycles. The molecule has 9 nitrogen and oxygen atoms in total. The van der Waals surface area contributed by atoms with Crippen molar-refractivity contribution in [1.29, 1.82) is 0 Å². The number of amides is 2. The quantitative estimate of drug-likeness (QED) is 0.357. The van der Waals surface area contributed by atoms with Crippen LogP contribution < -0.4 is 15.1 Å². The molecule has 2 fully saturated rings.